The Hall–Kier alpha value is -7.49. The Morgan fingerprint density at radius 2 is 1.35 bits per heavy atom. The number of carboxylic acids is 1. The summed E-state index contributed by atoms with van der Waals surface area (Å²) in [4.78, 5) is 96.4. The summed E-state index contributed by atoms with van der Waals surface area (Å²) < 4.78 is 0. The van der Waals surface area contributed by atoms with E-state index in [-0.39, 0.29) is 19.3 Å². The summed E-state index contributed by atoms with van der Waals surface area (Å²) >= 11 is 0. The molecule has 60 heavy (non-hydrogen) atoms. The molecule has 1 heterocycles. The van der Waals surface area contributed by atoms with Gasteiger partial charge >= 0.3 is 12.0 Å². The Morgan fingerprint density at radius 3 is 2.03 bits per heavy atom. The van der Waals surface area contributed by atoms with E-state index in [0.717, 1.165) is 26.9 Å². The molecule has 1 aromatic heterocycles. The third-order valence-corrected chi connectivity index (χ3v) is 9.85. The van der Waals surface area contributed by atoms with Gasteiger partial charge < -0.3 is 47.3 Å². The highest BCUT2D eigenvalue weighted by atomic mass is 16.4. The molecule has 0 saturated heterocycles. The predicted molar refractivity (Wildman–Crippen MR) is 226 cm³/mol. The number of fused-ring (bicyclic) bond motifs is 1. The van der Waals surface area contributed by atoms with Gasteiger partial charge in [0.1, 0.15) is 24.2 Å². The maximum atomic E-state index is 14.3. The molecule has 0 unspecified atom stereocenters. The van der Waals surface area contributed by atoms with Crippen molar-refractivity contribution in [1.82, 2.24) is 25.8 Å². The van der Waals surface area contributed by atoms with E-state index in [1.807, 2.05) is 43.3 Å². The molecular formula is C44H48N8O8. The van der Waals surface area contributed by atoms with Crippen LogP contribution in [-0.4, -0.2) is 87.7 Å². The first-order valence-electron chi connectivity index (χ1n) is 19.2. The van der Waals surface area contributed by atoms with Crippen LogP contribution < -0.4 is 32.3 Å². The Kier molecular flexibility index (Phi) is 14.7. The molecule has 312 valence electrons. The van der Waals surface area contributed by atoms with Gasteiger partial charge in [-0.05, 0) is 53.4 Å². The van der Waals surface area contributed by atoms with Crippen LogP contribution in [0.2, 0.25) is 0 Å². The second-order valence-corrected chi connectivity index (χ2v) is 14.4. The number of aliphatic carboxylic acids is 1. The number of H-pyrrole nitrogens is 1. The van der Waals surface area contributed by atoms with E-state index < -0.39 is 72.1 Å². The molecular weight excluding hydrogens is 769 g/mol. The molecule has 0 aliphatic rings. The number of para-hydroxylation sites is 2. The molecule has 16 heteroatoms. The molecule has 0 saturated carbocycles. The molecule has 7 amide bonds. The first kappa shape index (κ1) is 43.6. The van der Waals surface area contributed by atoms with Crippen LogP contribution in [0.1, 0.15) is 35.6 Å². The fourth-order valence-corrected chi connectivity index (χ4v) is 6.78. The normalized spacial score (nSPS) is 12.8. The number of urea groups is 1. The highest BCUT2D eigenvalue weighted by Crippen LogP contribution is 2.20. The van der Waals surface area contributed by atoms with Crippen molar-refractivity contribution in [2.75, 3.05) is 17.7 Å². The Morgan fingerprint density at radius 1 is 0.717 bits per heavy atom. The number of aromatic nitrogens is 1. The largest absolute Gasteiger partial charge is 0.481 e. The fraction of sp³-hybridized carbons (Fsp3) is 0.250. The maximum Gasteiger partial charge on any atom is 0.323 e. The fourth-order valence-electron chi connectivity index (χ4n) is 6.78. The van der Waals surface area contributed by atoms with Gasteiger partial charge in [0.15, 0.2) is 0 Å². The maximum absolute atomic E-state index is 14.3. The summed E-state index contributed by atoms with van der Waals surface area (Å²) in [6, 6.07) is 23.9. The number of rotatable bonds is 18. The lowest BCUT2D eigenvalue weighted by molar-refractivity contribution is -0.145. The average molecular weight is 817 g/mol. The van der Waals surface area contributed by atoms with Crippen LogP contribution in [0.15, 0.2) is 109 Å². The third kappa shape index (κ3) is 12.0. The van der Waals surface area contributed by atoms with Gasteiger partial charge in [0.25, 0.3) is 0 Å². The minimum atomic E-state index is -1.69. The monoisotopic (exact) mass is 816 g/mol. The molecule has 0 fully saturated rings. The summed E-state index contributed by atoms with van der Waals surface area (Å²) in [7, 11) is 1.29. The molecule has 0 spiro atoms. The summed E-state index contributed by atoms with van der Waals surface area (Å²) in [6.07, 6.45) is 0.727. The van der Waals surface area contributed by atoms with Gasteiger partial charge in [-0.15, -0.1) is 0 Å². The van der Waals surface area contributed by atoms with Crippen LogP contribution in [0.4, 0.5) is 16.2 Å². The van der Waals surface area contributed by atoms with E-state index in [1.54, 1.807) is 72.9 Å². The number of amides is 7. The van der Waals surface area contributed by atoms with Crippen LogP contribution >= 0.6 is 0 Å². The molecule has 5 rings (SSSR count). The van der Waals surface area contributed by atoms with Crippen LogP contribution in [-0.2, 0) is 48.0 Å². The van der Waals surface area contributed by atoms with E-state index in [9.17, 15) is 38.7 Å². The molecule has 4 aromatic carbocycles. The lowest BCUT2D eigenvalue weighted by Crippen LogP contribution is -2.59. The minimum absolute atomic E-state index is 0.0269. The molecule has 16 nitrogen and oxygen atoms in total. The van der Waals surface area contributed by atoms with Crippen molar-refractivity contribution in [3.05, 3.63) is 132 Å². The van der Waals surface area contributed by atoms with E-state index in [4.69, 9.17) is 5.73 Å². The second kappa shape index (κ2) is 20.3. The van der Waals surface area contributed by atoms with Crippen molar-refractivity contribution in [2.45, 2.75) is 63.7 Å². The number of nitrogens with zero attached hydrogens (tertiary/aromatic N) is 1. The minimum Gasteiger partial charge on any atom is -0.481 e. The zero-order chi connectivity index (χ0) is 43.3. The van der Waals surface area contributed by atoms with E-state index in [1.165, 1.54) is 14.0 Å². The van der Waals surface area contributed by atoms with Gasteiger partial charge in [0.2, 0.25) is 29.5 Å². The number of carboxylic acid groups (broad SMARTS) is 1. The lowest BCUT2D eigenvalue weighted by Gasteiger charge is -2.30. The quantitative estimate of drug-likeness (QED) is 0.0650. The van der Waals surface area contributed by atoms with Crippen molar-refractivity contribution in [3.63, 3.8) is 0 Å². The van der Waals surface area contributed by atoms with Gasteiger partial charge in [-0.1, -0.05) is 78.9 Å². The van der Waals surface area contributed by atoms with Crippen molar-refractivity contribution in [2.24, 2.45) is 5.73 Å². The Labute approximate surface area is 346 Å². The molecule has 0 aliphatic carbocycles. The number of carbonyl (C=O) groups is 7. The highest BCUT2D eigenvalue weighted by Gasteiger charge is 2.35. The number of anilines is 2. The van der Waals surface area contributed by atoms with Crippen LogP contribution in [0.5, 0.6) is 0 Å². The van der Waals surface area contributed by atoms with Crippen molar-refractivity contribution in [3.8, 4) is 0 Å². The van der Waals surface area contributed by atoms with Crippen molar-refractivity contribution in [1.29, 1.82) is 0 Å². The summed E-state index contributed by atoms with van der Waals surface area (Å²) in [5, 5.41) is 24.1. The summed E-state index contributed by atoms with van der Waals surface area (Å²) in [5.41, 5.74) is 10.2. The zero-order valence-corrected chi connectivity index (χ0v) is 33.4. The first-order valence-corrected chi connectivity index (χ1v) is 19.2. The van der Waals surface area contributed by atoms with Gasteiger partial charge in [-0.3, -0.25) is 28.8 Å². The predicted octanol–water partition coefficient (Wildman–Crippen LogP) is 3.41. The van der Waals surface area contributed by atoms with Gasteiger partial charge in [0.05, 0.1) is 6.42 Å². The first-order chi connectivity index (χ1) is 28.7. The van der Waals surface area contributed by atoms with E-state index >= 15 is 0 Å². The number of likely N-dealkylation sites (N-methyl/N-ethyl adjacent to an activating group) is 1. The number of hydrogen-bond acceptors (Lipinski definition) is 7. The van der Waals surface area contributed by atoms with Gasteiger partial charge in [-0.2, -0.15) is 0 Å². The van der Waals surface area contributed by atoms with E-state index in [2.05, 4.69) is 31.6 Å². The zero-order valence-electron chi connectivity index (χ0n) is 33.4. The summed E-state index contributed by atoms with van der Waals surface area (Å²) in [5.74, 6) is -5.35. The van der Waals surface area contributed by atoms with Crippen LogP contribution in [0, 0.1) is 6.92 Å². The number of primary amides is 1. The molecule has 0 bridgehead atoms. The number of carbonyl (C=O) groups excluding carboxylic acids is 6. The highest BCUT2D eigenvalue weighted by molar-refractivity contribution is 6.00. The van der Waals surface area contributed by atoms with Gasteiger partial charge in [0, 0.05) is 61.7 Å². The molecule has 9 N–H and O–H groups in total. The average Bonchev–Trinajstić information content (AvgIpc) is 3.62. The number of nitrogens with one attached hydrogen (secondary N) is 6. The molecule has 0 aliphatic heterocycles. The molecule has 5 aromatic rings. The summed E-state index contributed by atoms with van der Waals surface area (Å²) in [6.45, 7) is 3.10. The lowest BCUT2D eigenvalue weighted by atomic mass is 10.0. The van der Waals surface area contributed by atoms with Crippen LogP contribution in [0.3, 0.4) is 0 Å². The molecule has 4 atom stereocenters. The van der Waals surface area contributed by atoms with E-state index in [0.29, 0.717) is 22.5 Å². The smallest absolute Gasteiger partial charge is 0.323 e. The number of aryl methyl sites for hydroxylation is 1. The Bertz CT molecular complexity index is 2360. The van der Waals surface area contributed by atoms with Crippen molar-refractivity contribution < 1.29 is 38.7 Å². The standard InChI is InChI=1S/C44H48N8O8/c1-26-12-7-9-18-33(26)51-44(60)48-31-16-11-15-29(20-31)21-35(49-42(58)36(47-27(2)53)23-30-25-46-34-19-10-8-17-32(30)34)41(57)50-37(24-39(54)55)43(59)52(3)38(40(45)56)22-28-13-5-4-6-14-28/h4-20,25,35-38,46H,21-24H2,1-3H3,(H2,45,56)(H,47,53)(H,49,58)(H,50,57)(H,54,55)(H2,48,51,60)/t35-,36-,37-,38-/m0/s1. The van der Waals surface area contributed by atoms with Crippen LogP contribution in [0.25, 0.3) is 10.9 Å². The van der Waals surface area contributed by atoms with Crippen molar-refractivity contribution >= 4 is 63.8 Å². The number of hydrogen-bond donors (Lipinski definition) is 8. The number of aromatic amines is 1. The topological polar surface area (TPSA) is 245 Å². The third-order valence-electron chi connectivity index (χ3n) is 9.85. The second-order valence-electron chi connectivity index (χ2n) is 14.4. The molecule has 0 radical (unpaired) electrons. The number of nitrogens with two attached hydrogens (primary N) is 1. The SMILES string of the molecule is CC(=O)N[C@@H](Cc1c[nH]c2ccccc12)C(=O)N[C@@H](Cc1cccc(NC(=O)Nc2ccccc2C)c1)C(=O)N[C@@H](CC(=O)O)C(=O)N(C)[C@@H](Cc1ccccc1)C(N)=O. The van der Waals surface area contributed by atoms with Gasteiger partial charge in [-0.25, -0.2) is 4.79 Å². The Balaban J connectivity index is 1.42. The number of benzene rings is 4.